The van der Waals surface area contributed by atoms with Gasteiger partial charge in [0.05, 0.1) is 16.0 Å². The lowest BCUT2D eigenvalue weighted by molar-refractivity contribution is -0.137. The number of allylic oxidation sites excluding steroid dienone is 1. The molecule has 1 saturated heterocycles. The second-order valence-electron chi connectivity index (χ2n) is 15.7. The smallest absolute Gasteiger partial charge is 0.381 e. The number of fused-ring (bicyclic) bond motifs is 1. The molecule has 1 aromatic heterocycles. The summed E-state index contributed by atoms with van der Waals surface area (Å²) in [5.41, 5.74) is 4.47. The van der Waals surface area contributed by atoms with Gasteiger partial charge in [0.15, 0.2) is 5.82 Å². The number of alkyl halides is 3. The molecular formula is C45H51ClF3N7O2S2. The average molecular weight is 879 g/mol. The number of hydrogen-bond donors (Lipinski definition) is 2. The number of benzene rings is 4. The van der Waals surface area contributed by atoms with Crippen molar-refractivity contribution in [3.05, 3.63) is 119 Å². The monoisotopic (exact) mass is 877 g/mol. The first-order valence-electron chi connectivity index (χ1n) is 20.3. The van der Waals surface area contributed by atoms with E-state index in [-0.39, 0.29) is 17.5 Å². The Hall–Kier alpha value is -4.34. The van der Waals surface area contributed by atoms with Crippen LogP contribution < -0.4 is 14.9 Å². The number of hydrogen-bond acceptors (Lipinski definition) is 9. The van der Waals surface area contributed by atoms with Crippen LogP contribution in [0.2, 0.25) is 5.02 Å². The lowest BCUT2D eigenvalue weighted by atomic mass is 9.95. The van der Waals surface area contributed by atoms with Gasteiger partial charge in [-0.2, -0.15) is 13.2 Å². The third-order valence-electron chi connectivity index (χ3n) is 11.1. The zero-order valence-electron chi connectivity index (χ0n) is 33.9. The van der Waals surface area contributed by atoms with Crippen LogP contribution in [0.25, 0.3) is 16.5 Å². The number of rotatable bonds is 15. The van der Waals surface area contributed by atoms with Gasteiger partial charge in [-0.15, -0.1) is 11.8 Å². The Kier molecular flexibility index (Phi) is 14.3. The van der Waals surface area contributed by atoms with Gasteiger partial charge < -0.3 is 15.1 Å². The van der Waals surface area contributed by atoms with Crippen molar-refractivity contribution in [2.45, 2.75) is 60.5 Å². The van der Waals surface area contributed by atoms with Gasteiger partial charge in [-0.3, -0.25) is 9.62 Å². The highest BCUT2D eigenvalue weighted by Gasteiger charge is 2.36. The fourth-order valence-electron chi connectivity index (χ4n) is 7.86. The summed E-state index contributed by atoms with van der Waals surface area (Å²) < 4.78 is 73.7. The first-order valence-corrected chi connectivity index (χ1v) is 23.2. The molecule has 2 aliphatic rings. The molecule has 2 N–H and O–H groups in total. The lowest BCUT2D eigenvalue weighted by Crippen LogP contribution is -2.47. The Morgan fingerprint density at radius 2 is 1.63 bits per heavy atom. The van der Waals surface area contributed by atoms with Gasteiger partial charge in [0.1, 0.15) is 6.33 Å². The molecule has 0 spiro atoms. The standard InChI is InChI=1S/C45H51ClF3N7O2S2/c1-54(2)22-21-35(30-59-37-10-6-4-7-11-37)52-42-20-18-38(28-41(42)45(47,48)49)60(57,58)53-44-40-19-17-36(27-43(40)50-31-51-44)56-25-23-55(24-26-56)29-33-9-5-3-8-12-39(33)32-13-15-34(46)16-14-32/h4,6-7,10-11,13-20,27-28,31,35,52H,3,5,8-9,12,21-26,29-30H2,1-2H3,(H,50,51,53)/t35-/m1/s1. The van der Waals surface area contributed by atoms with Gasteiger partial charge >= 0.3 is 6.18 Å². The molecule has 5 aromatic rings. The highest BCUT2D eigenvalue weighted by Crippen LogP contribution is 2.38. The lowest BCUT2D eigenvalue weighted by Gasteiger charge is -2.37. The minimum absolute atomic E-state index is 0.0121. The number of aromatic nitrogens is 2. The molecule has 0 bridgehead atoms. The summed E-state index contributed by atoms with van der Waals surface area (Å²) in [5.74, 6) is 0.502. The maximum atomic E-state index is 14.6. The molecule has 0 saturated carbocycles. The summed E-state index contributed by atoms with van der Waals surface area (Å²) in [6.07, 6.45) is 2.85. The Morgan fingerprint density at radius 3 is 2.37 bits per heavy atom. The second kappa shape index (κ2) is 19.6. The zero-order chi connectivity index (χ0) is 42.3. The van der Waals surface area contributed by atoms with Crippen molar-refractivity contribution in [1.29, 1.82) is 0 Å². The number of nitrogens with zero attached hydrogens (tertiary/aromatic N) is 5. The number of halogens is 4. The maximum absolute atomic E-state index is 14.6. The molecule has 4 aromatic carbocycles. The molecule has 1 aliphatic carbocycles. The molecule has 15 heteroatoms. The predicted octanol–water partition coefficient (Wildman–Crippen LogP) is 10.2. The molecule has 0 unspecified atom stereocenters. The molecule has 7 rings (SSSR count). The van der Waals surface area contributed by atoms with E-state index in [1.807, 2.05) is 73.6 Å². The Morgan fingerprint density at radius 1 is 0.883 bits per heavy atom. The Balaban J connectivity index is 1.04. The molecule has 1 aliphatic heterocycles. The van der Waals surface area contributed by atoms with Gasteiger partial charge in [0.2, 0.25) is 0 Å². The van der Waals surface area contributed by atoms with E-state index in [4.69, 9.17) is 11.6 Å². The maximum Gasteiger partial charge on any atom is 0.418 e. The third-order valence-corrected chi connectivity index (χ3v) is 13.9. The van der Waals surface area contributed by atoms with Crippen molar-refractivity contribution >= 4 is 67.1 Å². The molecule has 9 nitrogen and oxygen atoms in total. The molecule has 1 atom stereocenters. The molecule has 318 valence electrons. The van der Waals surface area contributed by atoms with E-state index >= 15 is 0 Å². The van der Waals surface area contributed by atoms with Crippen LogP contribution in [0.4, 0.5) is 30.4 Å². The van der Waals surface area contributed by atoms with Crippen molar-refractivity contribution in [1.82, 2.24) is 19.8 Å². The molecule has 1 fully saturated rings. The van der Waals surface area contributed by atoms with E-state index < -0.39 is 26.7 Å². The van der Waals surface area contributed by atoms with E-state index in [9.17, 15) is 21.6 Å². The first kappa shape index (κ1) is 43.7. The predicted molar refractivity (Wildman–Crippen MR) is 240 cm³/mol. The van der Waals surface area contributed by atoms with Crippen molar-refractivity contribution in [2.24, 2.45) is 0 Å². The van der Waals surface area contributed by atoms with Crippen LogP contribution in [0.5, 0.6) is 0 Å². The number of nitrogens with one attached hydrogen (secondary N) is 2. The molecular weight excluding hydrogens is 827 g/mol. The van der Waals surface area contributed by atoms with Crippen LogP contribution in [-0.4, -0.2) is 93.3 Å². The van der Waals surface area contributed by atoms with Crippen molar-refractivity contribution in [3.63, 3.8) is 0 Å². The zero-order valence-corrected chi connectivity index (χ0v) is 36.3. The highest BCUT2D eigenvalue weighted by atomic mass is 35.5. The number of anilines is 3. The topological polar surface area (TPSA) is 93.7 Å². The Bertz CT molecular complexity index is 2370. The van der Waals surface area contributed by atoms with Crippen LogP contribution >= 0.6 is 23.4 Å². The second-order valence-corrected chi connectivity index (χ2v) is 18.9. The van der Waals surface area contributed by atoms with Crippen molar-refractivity contribution in [3.8, 4) is 0 Å². The summed E-state index contributed by atoms with van der Waals surface area (Å²) in [6.45, 7) is 5.00. The molecule has 0 amide bonds. The number of thioether (sulfide) groups is 1. The number of sulfonamides is 1. The SMILES string of the molecule is CN(C)CC[C@H](CSc1ccccc1)Nc1ccc(S(=O)(=O)Nc2ncnc3cc(N4CCN(CC5=C(c6ccc(Cl)cc6)CCCCC5)CC4)ccc23)cc1C(F)(F)F. The van der Waals surface area contributed by atoms with E-state index in [1.165, 1.54) is 54.4 Å². The van der Waals surface area contributed by atoms with Crippen molar-refractivity contribution < 1.29 is 21.6 Å². The fraction of sp³-hybridized carbons (Fsp3) is 0.378. The third kappa shape index (κ3) is 11.3. The van der Waals surface area contributed by atoms with Gasteiger partial charge in [-0.1, -0.05) is 53.9 Å². The minimum atomic E-state index is -4.82. The van der Waals surface area contributed by atoms with Crippen LogP contribution in [0, 0.1) is 0 Å². The first-order chi connectivity index (χ1) is 28.8. The largest absolute Gasteiger partial charge is 0.418 e. The normalized spacial score (nSPS) is 16.3. The molecule has 60 heavy (non-hydrogen) atoms. The van der Waals surface area contributed by atoms with Gasteiger partial charge in [-0.25, -0.2) is 18.4 Å². The van der Waals surface area contributed by atoms with Crippen LogP contribution in [0.3, 0.4) is 0 Å². The summed E-state index contributed by atoms with van der Waals surface area (Å²) >= 11 is 7.74. The fourth-order valence-corrected chi connectivity index (χ4v) is 10.0. The van der Waals surface area contributed by atoms with Gasteiger partial charge in [-0.05, 0) is 125 Å². The van der Waals surface area contributed by atoms with Crippen LogP contribution in [0.1, 0.15) is 49.7 Å². The quantitative estimate of drug-likeness (QED) is 0.0998. The summed E-state index contributed by atoms with van der Waals surface area (Å²) in [7, 11) is -0.660. The highest BCUT2D eigenvalue weighted by molar-refractivity contribution is 7.99. The Labute approximate surface area is 360 Å². The van der Waals surface area contributed by atoms with Crippen LogP contribution in [-0.2, 0) is 16.2 Å². The van der Waals surface area contributed by atoms with Crippen LogP contribution in [0.15, 0.2) is 113 Å². The van der Waals surface area contributed by atoms with E-state index in [0.717, 1.165) is 61.2 Å². The molecule has 2 heterocycles. The summed E-state index contributed by atoms with van der Waals surface area (Å²) in [6, 6.07) is 26.2. The minimum Gasteiger partial charge on any atom is -0.381 e. The van der Waals surface area contributed by atoms with E-state index in [0.29, 0.717) is 35.7 Å². The van der Waals surface area contributed by atoms with E-state index in [2.05, 4.69) is 41.9 Å². The summed E-state index contributed by atoms with van der Waals surface area (Å²) in [4.78, 5) is 15.9. The van der Waals surface area contributed by atoms with Gasteiger partial charge in [0, 0.05) is 71.2 Å². The number of piperazine rings is 1. The summed E-state index contributed by atoms with van der Waals surface area (Å²) in [5, 5.41) is 4.26. The van der Waals surface area contributed by atoms with Crippen molar-refractivity contribution in [2.75, 3.05) is 74.1 Å². The average Bonchev–Trinajstić information content (AvgIpc) is 3.47. The molecule has 0 radical (unpaired) electrons. The van der Waals surface area contributed by atoms with Gasteiger partial charge in [0.25, 0.3) is 10.0 Å². The van der Waals surface area contributed by atoms with E-state index in [1.54, 1.807) is 17.8 Å².